The second-order valence-corrected chi connectivity index (χ2v) is 4.99. The first-order valence-electron chi connectivity index (χ1n) is 4.94. The van der Waals surface area contributed by atoms with Crippen LogP contribution in [0.25, 0.3) is 0 Å². The van der Waals surface area contributed by atoms with Crippen LogP contribution in [0.3, 0.4) is 0 Å². The summed E-state index contributed by atoms with van der Waals surface area (Å²) in [5.74, 6) is 0.762. The van der Waals surface area contributed by atoms with E-state index in [1.807, 2.05) is 0 Å². The van der Waals surface area contributed by atoms with Crippen LogP contribution in [-0.4, -0.2) is 23.9 Å². The molecule has 0 spiro atoms. The smallest absolute Gasteiger partial charge is 0.0920 e. The first kappa shape index (κ1) is 7.34. The fraction of sp³-hybridized carbons (Fsp3) is 1.00. The minimum absolute atomic E-state index is 0.229. The topological polar surface area (TPSA) is 25.1 Å². The van der Waals surface area contributed by atoms with Gasteiger partial charge < -0.3 is 9.47 Å². The maximum absolute atomic E-state index is 5.66. The molecule has 2 heterocycles. The molecule has 0 radical (unpaired) electrons. The molecule has 0 aromatic rings. The van der Waals surface area contributed by atoms with Crippen molar-refractivity contribution in [3.63, 3.8) is 0 Å². The van der Waals surface area contributed by atoms with E-state index in [2.05, 4.69) is 13.8 Å². The van der Waals surface area contributed by atoms with Crippen LogP contribution in [0.2, 0.25) is 0 Å². The van der Waals surface area contributed by atoms with E-state index in [0.29, 0.717) is 6.10 Å². The highest BCUT2D eigenvalue weighted by Crippen LogP contribution is 2.54. The number of rotatable bonds is 1. The highest BCUT2D eigenvalue weighted by atomic mass is 16.6. The average molecular weight is 168 g/mol. The van der Waals surface area contributed by atoms with Gasteiger partial charge in [-0.1, -0.05) is 0 Å². The lowest BCUT2D eigenvalue weighted by atomic mass is 9.77. The number of fused-ring (bicyclic) bond motifs is 1. The fourth-order valence-electron chi connectivity index (χ4n) is 2.55. The van der Waals surface area contributed by atoms with Gasteiger partial charge in [-0.15, -0.1) is 0 Å². The second kappa shape index (κ2) is 1.88. The predicted octanol–water partition coefficient (Wildman–Crippen LogP) is 1.73. The normalized spacial score (nSPS) is 62.5. The van der Waals surface area contributed by atoms with Gasteiger partial charge in [-0.05, 0) is 39.0 Å². The number of epoxide rings is 2. The van der Waals surface area contributed by atoms with Crippen molar-refractivity contribution in [2.24, 2.45) is 5.92 Å². The molecule has 0 amide bonds. The van der Waals surface area contributed by atoms with Crippen LogP contribution in [0, 0.1) is 5.92 Å². The molecule has 1 aliphatic carbocycles. The molecule has 12 heavy (non-hydrogen) atoms. The van der Waals surface area contributed by atoms with E-state index in [0.717, 1.165) is 12.5 Å². The quantitative estimate of drug-likeness (QED) is 0.557. The summed E-state index contributed by atoms with van der Waals surface area (Å²) in [6.07, 6.45) is 4.31. The molecule has 0 aromatic heterocycles. The van der Waals surface area contributed by atoms with E-state index in [4.69, 9.17) is 9.47 Å². The SMILES string of the molecule is C[C@@]1([C@@H]2CC[C@]3(C)O[C@@H]3C2)CO1. The molecule has 1 saturated carbocycles. The predicted molar refractivity (Wildman–Crippen MR) is 45.0 cm³/mol. The molecule has 2 saturated heterocycles. The molecule has 0 unspecified atom stereocenters. The van der Waals surface area contributed by atoms with Gasteiger partial charge in [-0.25, -0.2) is 0 Å². The first-order chi connectivity index (χ1) is 5.62. The monoisotopic (exact) mass is 168 g/mol. The molecule has 3 aliphatic rings. The lowest BCUT2D eigenvalue weighted by Gasteiger charge is -2.25. The summed E-state index contributed by atoms with van der Waals surface area (Å²) in [4.78, 5) is 0. The van der Waals surface area contributed by atoms with E-state index in [1.165, 1.54) is 19.3 Å². The molecule has 68 valence electrons. The van der Waals surface area contributed by atoms with Crippen molar-refractivity contribution in [3.05, 3.63) is 0 Å². The molecule has 4 atom stereocenters. The van der Waals surface area contributed by atoms with Gasteiger partial charge in [-0.2, -0.15) is 0 Å². The largest absolute Gasteiger partial charge is 0.370 e. The molecule has 2 aliphatic heterocycles. The Kier molecular flexibility index (Phi) is 1.15. The molecular formula is C10H16O2. The highest BCUT2D eigenvalue weighted by molar-refractivity contribution is 5.08. The Bertz CT molecular complexity index is 222. The third kappa shape index (κ3) is 0.882. The van der Waals surface area contributed by atoms with Crippen LogP contribution in [-0.2, 0) is 9.47 Å². The van der Waals surface area contributed by atoms with Gasteiger partial charge in [0.15, 0.2) is 0 Å². The molecular weight excluding hydrogens is 152 g/mol. The second-order valence-electron chi connectivity index (χ2n) is 4.99. The first-order valence-corrected chi connectivity index (χ1v) is 4.94. The van der Waals surface area contributed by atoms with Crippen molar-refractivity contribution < 1.29 is 9.47 Å². The summed E-state index contributed by atoms with van der Waals surface area (Å²) in [5, 5.41) is 0. The lowest BCUT2D eigenvalue weighted by Crippen LogP contribution is -2.29. The maximum atomic E-state index is 5.66. The van der Waals surface area contributed by atoms with Gasteiger partial charge in [0, 0.05) is 0 Å². The van der Waals surface area contributed by atoms with Gasteiger partial charge >= 0.3 is 0 Å². The minimum atomic E-state index is 0.229. The third-order valence-electron chi connectivity index (χ3n) is 3.99. The summed E-state index contributed by atoms with van der Waals surface area (Å²) in [6.45, 7) is 5.45. The fourth-order valence-corrected chi connectivity index (χ4v) is 2.55. The van der Waals surface area contributed by atoms with Gasteiger partial charge in [0.1, 0.15) is 0 Å². The molecule has 3 rings (SSSR count). The Labute approximate surface area is 73.2 Å². The summed E-state index contributed by atoms with van der Waals surface area (Å²) >= 11 is 0. The van der Waals surface area contributed by atoms with E-state index in [1.54, 1.807) is 0 Å². The van der Waals surface area contributed by atoms with Gasteiger partial charge in [0.05, 0.1) is 23.9 Å². The Morgan fingerprint density at radius 1 is 1.25 bits per heavy atom. The standard InChI is InChI=1S/C10H16O2/c1-9-4-3-7(5-8(9)12-9)10(2)6-11-10/h7-8H,3-6H2,1-2H3/t7-,8-,9+,10+/m1/s1. The summed E-state index contributed by atoms with van der Waals surface area (Å²) in [6, 6.07) is 0. The van der Waals surface area contributed by atoms with E-state index in [-0.39, 0.29) is 11.2 Å². The molecule has 0 N–H and O–H groups in total. The molecule has 0 bridgehead atoms. The molecule has 3 fully saturated rings. The lowest BCUT2D eigenvalue weighted by molar-refractivity contribution is 0.191. The molecule has 0 aromatic carbocycles. The minimum Gasteiger partial charge on any atom is -0.370 e. The van der Waals surface area contributed by atoms with Crippen LogP contribution in [0.15, 0.2) is 0 Å². The van der Waals surface area contributed by atoms with Gasteiger partial charge in [0.25, 0.3) is 0 Å². The Morgan fingerprint density at radius 2 is 2.00 bits per heavy atom. The summed E-state index contributed by atoms with van der Waals surface area (Å²) in [7, 11) is 0. The van der Waals surface area contributed by atoms with Crippen molar-refractivity contribution in [1.82, 2.24) is 0 Å². The van der Waals surface area contributed by atoms with E-state index in [9.17, 15) is 0 Å². The third-order valence-corrected chi connectivity index (χ3v) is 3.99. The van der Waals surface area contributed by atoms with E-state index < -0.39 is 0 Å². The van der Waals surface area contributed by atoms with Crippen LogP contribution in [0.5, 0.6) is 0 Å². The van der Waals surface area contributed by atoms with Crippen molar-refractivity contribution in [1.29, 1.82) is 0 Å². The maximum Gasteiger partial charge on any atom is 0.0920 e. The zero-order valence-electron chi connectivity index (χ0n) is 7.80. The Balaban J connectivity index is 1.70. The van der Waals surface area contributed by atoms with Gasteiger partial charge in [0.2, 0.25) is 0 Å². The van der Waals surface area contributed by atoms with Gasteiger partial charge in [-0.3, -0.25) is 0 Å². The van der Waals surface area contributed by atoms with Crippen LogP contribution in [0.1, 0.15) is 33.1 Å². The average Bonchev–Trinajstić information content (AvgIpc) is 2.86. The number of ether oxygens (including phenoxy) is 2. The van der Waals surface area contributed by atoms with Crippen molar-refractivity contribution in [3.8, 4) is 0 Å². The molecule has 2 heteroatoms. The summed E-state index contributed by atoms with van der Waals surface area (Å²) in [5.41, 5.74) is 0.495. The Morgan fingerprint density at radius 3 is 2.58 bits per heavy atom. The van der Waals surface area contributed by atoms with Crippen molar-refractivity contribution >= 4 is 0 Å². The van der Waals surface area contributed by atoms with Crippen LogP contribution >= 0.6 is 0 Å². The molecule has 2 nitrogen and oxygen atoms in total. The highest BCUT2D eigenvalue weighted by Gasteiger charge is 2.60. The van der Waals surface area contributed by atoms with E-state index >= 15 is 0 Å². The zero-order chi connectivity index (χ0) is 8.40. The van der Waals surface area contributed by atoms with Crippen molar-refractivity contribution in [2.75, 3.05) is 6.61 Å². The number of hydrogen-bond acceptors (Lipinski definition) is 2. The number of hydrogen-bond donors (Lipinski definition) is 0. The van der Waals surface area contributed by atoms with Crippen molar-refractivity contribution in [2.45, 2.75) is 50.4 Å². The summed E-state index contributed by atoms with van der Waals surface area (Å²) < 4.78 is 11.1. The Hall–Kier alpha value is -0.0800. The van der Waals surface area contributed by atoms with Crippen LogP contribution in [0.4, 0.5) is 0 Å². The van der Waals surface area contributed by atoms with Crippen LogP contribution < -0.4 is 0 Å². The zero-order valence-corrected chi connectivity index (χ0v) is 7.80.